The maximum atomic E-state index is 2.36. The Hall–Kier alpha value is -0.0800. The molecule has 10 heavy (non-hydrogen) atoms. The maximum Gasteiger partial charge on any atom is 0.0130 e. The molecule has 0 N–H and O–H groups in total. The molecule has 0 aliphatic heterocycles. The van der Waals surface area contributed by atoms with Gasteiger partial charge in [-0.15, -0.1) is 0 Å². The van der Waals surface area contributed by atoms with E-state index in [0.29, 0.717) is 0 Å². The lowest BCUT2D eigenvalue weighted by molar-refractivity contribution is 0.00981. The van der Waals surface area contributed by atoms with Crippen molar-refractivity contribution < 1.29 is 0 Å². The van der Waals surface area contributed by atoms with Gasteiger partial charge in [0.05, 0.1) is 0 Å². The van der Waals surface area contributed by atoms with Crippen molar-refractivity contribution in [3.63, 3.8) is 0 Å². The van der Waals surface area contributed by atoms with Crippen LogP contribution in [0.15, 0.2) is 0 Å². The molecule has 0 bridgehead atoms. The highest BCUT2D eigenvalue weighted by Gasteiger charge is 2.03. The smallest absolute Gasteiger partial charge is 0.0130 e. The molecule has 0 heterocycles. The zero-order valence-corrected chi connectivity index (χ0v) is 7.72. The summed E-state index contributed by atoms with van der Waals surface area (Å²) >= 11 is 0. The van der Waals surface area contributed by atoms with Crippen LogP contribution in [0.4, 0.5) is 0 Å². The maximum absolute atomic E-state index is 2.36. The van der Waals surface area contributed by atoms with Crippen molar-refractivity contribution in [2.45, 2.75) is 27.2 Å². The monoisotopic (exact) mass is 144 g/mol. The molecule has 0 spiro atoms. The molecule has 62 valence electrons. The minimum Gasteiger partial charge on any atom is -0.245 e. The largest absolute Gasteiger partial charge is 0.245 e. The SMILES string of the molecule is CCCN(CC)N(C)CC. The van der Waals surface area contributed by atoms with Gasteiger partial charge in [0.25, 0.3) is 0 Å². The summed E-state index contributed by atoms with van der Waals surface area (Å²) in [6, 6.07) is 0. The van der Waals surface area contributed by atoms with Gasteiger partial charge in [0, 0.05) is 26.7 Å². The predicted octanol–water partition coefficient (Wildman–Crippen LogP) is 1.58. The first kappa shape index (κ1) is 9.92. The van der Waals surface area contributed by atoms with E-state index in [1.807, 2.05) is 0 Å². The van der Waals surface area contributed by atoms with Gasteiger partial charge in [-0.1, -0.05) is 20.8 Å². The van der Waals surface area contributed by atoms with Crippen LogP contribution < -0.4 is 0 Å². The average molecular weight is 144 g/mol. The Morgan fingerprint density at radius 2 is 1.60 bits per heavy atom. The first-order chi connectivity index (χ1) is 4.76. The van der Waals surface area contributed by atoms with E-state index in [2.05, 4.69) is 37.8 Å². The van der Waals surface area contributed by atoms with Crippen molar-refractivity contribution in [2.24, 2.45) is 0 Å². The average Bonchev–Trinajstić information content (AvgIpc) is 1.99. The lowest BCUT2D eigenvalue weighted by atomic mass is 10.4. The first-order valence-corrected chi connectivity index (χ1v) is 4.22. The number of nitrogens with zero attached hydrogens (tertiary/aromatic N) is 2. The van der Waals surface area contributed by atoms with Crippen molar-refractivity contribution in [3.8, 4) is 0 Å². The highest BCUT2D eigenvalue weighted by atomic mass is 15.6. The molecule has 0 aromatic carbocycles. The summed E-state index contributed by atoms with van der Waals surface area (Å²) in [7, 11) is 2.14. The predicted molar refractivity (Wildman–Crippen MR) is 45.8 cm³/mol. The molecule has 0 saturated carbocycles. The van der Waals surface area contributed by atoms with E-state index in [4.69, 9.17) is 0 Å². The summed E-state index contributed by atoms with van der Waals surface area (Å²) < 4.78 is 0. The van der Waals surface area contributed by atoms with Crippen molar-refractivity contribution in [1.29, 1.82) is 0 Å². The van der Waals surface area contributed by atoms with Crippen LogP contribution in [0, 0.1) is 0 Å². The molecule has 2 heteroatoms. The van der Waals surface area contributed by atoms with Crippen molar-refractivity contribution in [3.05, 3.63) is 0 Å². The van der Waals surface area contributed by atoms with E-state index >= 15 is 0 Å². The lowest BCUT2D eigenvalue weighted by Crippen LogP contribution is -2.39. The number of hydrogen-bond donors (Lipinski definition) is 0. The Balaban J connectivity index is 3.56. The molecule has 0 unspecified atom stereocenters. The molecule has 0 aliphatic rings. The van der Waals surface area contributed by atoms with E-state index in [-0.39, 0.29) is 0 Å². The number of rotatable bonds is 5. The zero-order chi connectivity index (χ0) is 7.98. The van der Waals surface area contributed by atoms with E-state index in [1.54, 1.807) is 0 Å². The van der Waals surface area contributed by atoms with Gasteiger partial charge in [0.15, 0.2) is 0 Å². The molecule has 0 atom stereocenters. The molecule has 0 rings (SSSR count). The van der Waals surface area contributed by atoms with Crippen LogP contribution in [0.5, 0.6) is 0 Å². The minimum absolute atomic E-state index is 1.10. The molecule has 0 aromatic heterocycles. The van der Waals surface area contributed by atoms with Crippen LogP contribution >= 0.6 is 0 Å². The van der Waals surface area contributed by atoms with Gasteiger partial charge in [-0.2, -0.15) is 0 Å². The minimum atomic E-state index is 1.10. The van der Waals surface area contributed by atoms with Crippen LogP contribution in [0.2, 0.25) is 0 Å². The third kappa shape index (κ3) is 3.18. The van der Waals surface area contributed by atoms with Gasteiger partial charge in [-0.3, -0.25) is 0 Å². The molecule has 0 fully saturated rings. The molecule has 0 aromatic rings. The summed E-state index contributed by atoms with van der Waals surface area (Å²) in [6.07, 6.45) is 1.23. The van der Waals surface area contributed by atoms with E-state index in [0.717, 1.165) is 13.1 Å². The van der Waals surface area contributed by atoms with Crippen LogP contribution in [-0.2, 0) is 0 Å². The van der Waals surface area contributed by atoms with Crippen molar-refractivity contribution in [1.82, 2.24) is 10.0 Å². The Labute approximate surface area is 64.8 Å². The Bertz CT molecular complexity index is 73.7. The van der Waals surface area contributed by atoms with Gasteiger partial charge < -0.3 is 0 Å². The topological polar surface area (TPSA) is 6.48 Å². The highest BCUT2D eigenvalue weighted by molar-refractivity contribution is 4.47. The first-order valence-electron chi connectivity index (χ1n) is 4.22. The zero-order valence-electron chi connectivity index (χ0n) is 7.72. The summed E-state index contributed by atoms with van der Waals surface area (Å²) in [6.45, 7) is 10.00. The summed E-state index contributed by atoms with van der Waals surface area (Å²) in [5, 5.41) is 4.63. The second kappa shape index (κ2) is 5.69. The fraction of sp³-hybridized carbons (Fsp3) is 1.00. The standard InChI is InChI=1S/C8H20N2/c1-5-8-10(7-3)9(4)6-2/h5-8H2,1-4H3. The van der Waals surface area contributed by atoms with Crippen LogP contribution in [0.25, 0.3) is 0 Å². The van der Waals surface area contributed by atoms with Crippen LogP contribution in [-0.4, -0.2) is 36.7 Å². The molecule has 0 aliphatic carbocycles. The molecule has 2 nitrogen and oxygen atoms in total. The Kier molecular flexibility index (Phi) is 5.64. The lowest BCUT2D eigenvalue weighted by Gasteiger charge is -2.29. The molecule has 0 saturated heterocycles. The fourth-order valence-corrected chi connectivity index (χ4v) is 1.03. The van der Waals surface area contributed by atoms with E-state index < -0.39 is 0 Å². The van der Waals surface area contributed by atoms with Crippen LogP contribution in [0.3, 0.4) is 0 Å². The van der Waals surface area contributed by atoms with Gasteiger partial charge in [-0.05, 0) is 6.42 Å². The normalized spacial score (nSPS) is 11.4. The summed E-state index contributed by atoms with van der Waals surface area (Å²) in [5.74, 6) is 0. The summed E-state index contributed by atoms with van der Waals surface area (Å²) in [5.41, 5.74) is 0. The Morgan fingerprint density at radius 3 is 1.90 bits per heavy atom. The van der Waals surface area contributed by atoms with Gasteiger partial charge in [-0.25, -0.2) is 10.0 Å². The van der Waals surface area contributed by atoms with E-state index in [1.165, 1.54) is 13.0 Å². The quantitative estimate of drug-likeness (QED) is 0.541. The van der Waals surface area contributed by atoms with Gasteiger partial charge in [0.1, 0.15) is 0 Å². The third-order valence-electron chi connectivity index (χ3n) is 1.79. The summed E-state index contributed by atoms with van der Waals surface area (Å²) in [4.78, 5) is 0. The molecule has 0 amide bonds. The van der Waals surface area contributed by atoms with Crippen molar-refractivity contribution >= 4 is 0 Å². The van der Waals surface area contributed by atoms with Crippen LogP contribution in [0.1, 0.15) is 27.2 Å². The van der Waals surface area contributed by atoms with E-state index in [9.17, 15) is 0 Å². The van der Waals surface area contributed by atoms with Gasteiger partial charge in [0.2, 0.25) is 0 Å². The molecular weight excluding hydrogens is 124 g/mol. The fourth-order valence-electron chi connectivity index (χ4n) is 1.03. The Morgan fingerprint density at radius 1 is 1.00 bits per heavy atom. The molecular formula is C8H20N2. The molecule has 0 radical (unpaired) electrons. The second-order valence-corrected chi connectivity index (χ2v) is 2.52. The highest BCUT2D eigenvalue weighted by Crippen LogP contribution is 1.94. The van der Waals surface area contributed by atoms with Crippen molar-refractivity contribution in [2.75, 3.05) is 26.7 Å². The van der Waals surface area contributed by atoms with Gasteiger partial charge >= 0.3 is 0 Å². The number of hydrogen-bond acceptors (Lipinski definition) is 2. The third-order valence-corrected chi connectivity index (χ3v) is 1.79. The second-order valence-electron chi connectivity index (χ2n) is 2.52. The number of hydrazine groups is 1.